The van der Waals surface area contributed by atoms with Crippen LogP contribution >= 0.6 is 0 Å². The van der Waals surface area contributed by atoms with Gasteiger partial charge in [-0.2, -0.15) is 0 Å². The fourth-order valence-corrected chi connectivity index (χ4v) is 4.71. The van der Waals surface area contributed by atoms with E-state index >= 15 is 0 Å². The summed E-state index contributed by atoms with van der Waals surface area (Å²) in [7, 11) is 3.07. The molecule has 1 aliphatic heterocycles. The maximum atomic E-state index is 13.1. The lowest BCUT2D eigenvalue weighted by molar-refractivity contribution is -0.167. The quantitative estimate of drug-likeness (QED) is 0.328. The van der Waals surface area contributed by atoms with E-state index in [4.69, 9.17) is 18.9 Å². The number of Topliss-reactive ketones (excluding diaryl/α,β-unsaturated/α-hetero) is 1. The van der Waals surface area contributed by atoms with Crippen LogP contribution in [-0.2, 0) is 19.1 Å². The SMILES string of the molecule is COc1ccc(OCCOC(=O)[C@@H]2CCCCN2C(=O)C(=O)C2(O)CCCCC2C)cc1OC. The summed E-state index contributed by atoms with van der Waals surface area (Å²) in [4.78, 5) is 40.1. The summed E-state index contributed by atoms with van der Waals surface area (Å²) in [5, 5.41) is 10.9. The minimum absolute atomic E-state index is 0.0133. The second-order valence-electron chi connectivity index (χ2n) is 8.94. The molecule has 0 spiro atoms. The summed E-state index contributed by atoms with van der Waals surface area (Å²) in [5.74, 6) is -0.835. The number of ketones is 1. The number of amides is 1. The van der Waals surface area contributed by atoms with Crippen LogP contribution in [0.4, 0.5) is 0 Å². The molecule has 1 amide bonds. The number of rotatable bonds is 9. The molecule has 1 heterocycles. The van der Waals surface area contributed by atoms with E-state index in [2.05, 4.69) is 0 Å². The van der Waals surface area contributed by atoms with Gasteiger partial charge in [0.15, 0.2) is 11.5 Å². The average molecular weight is 478 g/mol. The third kappa shape index (κ3) is 5.63. The molecule has 0 aromatic heterocycles. The van der Waals surface area contributed by atoms with E-state index < -0.39 is 29.3 Å². The van der Waals surface area contributed by atoms with Gasteiger partial charge >= 0.3 is 5.97 Å². The highest BCUT2D eigenvalue weighted by Gasteiger charge is 2.48. The lowest BCUT2D eigenvalue weighted by Gasteiger charge is -2.39. The van der Waals surface area contributed by atoms with Crippen LogP contribution in [0, 0.1) is 5.92 Å². The summed E-state index contributed by atoms with van der Waals surface area (Å²) in [5.41, 5.74) is -1.66. The Kier molecular flexibility index (Phi) is 8.77. The summed E-state index contributed by atoms with van der Waals surface area (Å²) >= 11 is 0. The summed E-state index contributed by atoms with van der Waals surface area (Å²) in [6, 6.07) is 4.26. The van der Waals surface area contributed by atoms with Gasteiger partial charge in [0, 0.05) is 12.6 Å². The van der Waals surface area contributed by atoms with E-state index in [9.17, 15) is 19.5 Å². The van der Waals surface area contributed by atoms with Crippen LogP contribution in [0.2, 0.25) is 0 Å². The molecule has 188 valence electrons. The average Bonchev–Trinajstić information content (AvgIpc) is 2.87. The third-order valence-corrected chi connectivity index (χ3v) is 6.83. The number of carbonyl (C=O) groups excluding carboxylic acids is 3. The molecule has 3 atom stereocenters. The Hall–Kier alpha value is -2.81. The van der Waals surface area contributed by atoms with Crippen LogP contribution in [-0.4, -0.2) is 73.3 Å². The van der Waals surface area contributed by atoms with Gasteiger partial charge in [-0.3, -0.25) is 9.59 Å². The molecule has 1 saturated carbocycles. The molecule has 1 N–H and O–H groups in total. The molecular weight excluding hydrogens is 442 g/mol. The lowest BCUT2D eigenvalue weighted by Crippen LogP contribution is -2.58. The van der Waals surface area contributed by atoms with Crippen molar-refractivity contribution in [1.29, 1.82) is 0 Å². The lowest BCUT2D eigenvalue weighted by atomic mass is 9.73. The van der Waals surface area contributed by atoms with E-state index in [1.165, 1.54) is 12.0 Å². The highest BCUT2D eigenvalue weighted by molar-refractivity contribution is 6.39. The van der Waals surface area contributed by atoms with Gasteiger partial charge in [-0.05, 0) is 50.2 Å². The van der Waals surface area contributed by atoms with Crippen molar-refractivity contribution in [1.82, 2.24) is 4.90 Å². The Morgan fingerprint density at radius 1 is 1.03 bits per heavy atom. The fraction of sp³-hybridized carbons (Fsp3) is 0.640. The molecular formula is C25H35NO8. The first-order chi connectivity index (χ1) is 16.3. The summed E-state index contributed by atoms with van der Waals surface area (Å²) < 4.78 is 21.4. The van der Waals surface area contributed by atoms with Gasteiger partial charge < -0.3 is 29.0 Å². The van der Waals surface area contributed by atoms with Crippen LogP contribution in [0.5, 0.6) is 17.2 Å². The van der Waals surface area contributed by atoms with Gasteiger partial charge in [0.2, 0.25) is 0 Å². The Labute approximate surface area is 200 Å². The topological polar surface area (TPSA) is 112 Å². The predicted molar refractivity (Wildman–Crippen MR) is 123 cm³/mol. The molecule has 0 radical (unpaired) electrons. The zero-order valence-electron chi connectivity index (χ0n) is 20.2. The molecule has 9 heteroatoms. The molecule has 2 unspecified atom stereocenters. The van der Waals surface area contributed by atoms with E-state index in [1.807, 2.05) is 0 Å². The number of methoxy groups -OCH3 is 2. The standard InChI is InChI=1S/C25H35NO8/c1-17-8-4-6-12-25(17,30)22(27)23(28)26-13-7-5-9-19(26)24(29)34-15-14-33-18-10-11-20(31-2)21(16-18)32-3/h10-11,16-17,19,30H,4-9,12-15H2,1-3H3/t17?,19-,25?/m0/s1. The van der Waals surface area contributed by atoms with Crippen molar-refractivity contribution in [2.24, 2.45) is 5.92 Å². The van der Waals surface area contributed by atoms with Crippen molar-refractivity contribution in [3.05, 3.63) is 18.2 Å². The largest absolute Gasteiger partial charge is 0.493 e. The molecule has 1 aromatic carbocycles. The second-order valence-corrected chi connectivity index (χ2v) is 8.94. The smallest absolute Gasteiger partial charge is 0.328 e. The van der Waals surface area contributed by atoms with Crippen molar-refractivity contribution < 1.29 is 38.4 Å². The first-order valence-corrected chi connectivity index (χ1v) is 11.9. The number of aliphatic hydroxyl groups is 1. The molecule has 34 heavy (non-hydrogen) atoms. The van der Waals surface area contributed by atoms with E-state index in [-0.39, 0.29) is 32.1 Å². The monoisotopic (exact) mass is 477 g/mol. The maximum absolute atomic E-state index is 13.1. The van der Waals surface area contributed by atoms with Crippen molar-refractivity contribution in [3.63, 3.8) is 0 Å². The zero-order valence-corrected chi connectivity index (χ0v) is 20.2. The van der Waals surface area contributed by atoms with Crippen molar-refractivity contribution >= 4 is 17.7 Å². The van der Waals surface area contributed by atoms with Crippen LogP contribution in [0.15, 0.2) is 18.2 Å². The van der Waals surface area contributed by atoms with Crippen molar-refractivity contribution in [2.45, 2.75) is 63.5 Å². The number of esters is 1. The number of ether oxygens (including phenoxy) is 4. The number of piperidine rings is 1. The van der Waals surface area contributed by atoms with E-state index in [0.29, 0.717) is 42.9 Å². The minimum atomic E-state index is -1.66. The Morgan fingerprint density at radius 2 is 1.76 bits per heavy atom. The van der Waals surface area contributed by atoms with Gasteiger partial charge in [0.25, 0.3) is 11.7 Å². The number of carbonyl (C=O) groups is 3. The first-order valence-electron chi connectivity index (χ1n) is 11.9. The highest BCUT2D eigenvalue weighted by Crippen LogP contribution is 2.35. The number of hydrogen-bond donors (Lipinski definition) is 1. The number of benzene rings is 1. The van der Waals surface area contributed by atoms with Gasteiger partial charge in [0.05, 0.1) is 14.2 Å². The van der Waals surface area contributed by atoms with Gasteiger partial charge in [-0.1, -0.05) is 19.8 Å². The number of hydrogen-bond acceptors (Lipinski definition) is 8. The molecule has 1 aromatic rings. The first kappa shape index (κ1) is 25.8. The predicted octanol–water partition coefficient (Wildman–Crippen LogP) is 2.52. The van der Waals surface area contributed by atoms with E-state index in [0.717, 1.165) is 12.8 Å². The third-order valence-electron chi connectivity index (χ3n) is 6.83. The molecule has 0 bridgehead atoms. The Bertz CT molecular complexity index is 888. The molecule has 2 fully saturated rings. The summed E-state index contributed by atoms with van der Waals surface area (Å²) in [6.45, 7) is 2.18. The highest BCUT2D eigenvalue weighted by atomic mass is 16.6. The van der Waals surface area contributed by atoms with Crippen LogP contribution in [0.1, 0.15) is 51.9 Å². The van der Waals surface area contributed by atoms with Crippen LogP contribution in [0.25, 0.3) is 0 Å². The molecule has 1 saturated heterocycles. The normalized spacial score (nSPS) is 24.8. The Balaban J connectivity index is 1.56. The molecule has 1 aliphatic carbocycles. The second kappa shape index (κ2) is 11.6. The maximum Gasteiger partial charge on any atom is 0.328 e. The van der Waals surface area contributed by atoms with Crippen molar-refractivity contribution in [3.8, 4) is 17.2 Å². The van der Waals surface area contributed by atoms with Crippen molar-refractivity contribution in [2.75, 3.05) is 34.0 Å². The Morgan fingerprint density at radius 3 is 2.47 bits per heavy atom. The van der Waals surface area contributed by atoms with Crippen LogP contribution in [0.3, 0.4) is 0 Å². The minimum Gasteiger partial charge on any atom is -0.493 e. The molecule has 3 rings (SSSR count). The molecule has 9 nitrogen and oxygen atoms in total. The number of likely N-dealkylation sites (tertiary alicyclic amines) is 1. The van der Waals surface area contributed by atoms with Gasteiger partial charge in [-0.15, -0.1) is 0 Å². The van der Waals surface area contributed by atoms with Gasteiger partial charge in [-0.25, -0.2) is 4.79 Å². The van der Waals surface area contributed by atoms with Gasteiger partial charge in [0.1, 0.15) is 30.6 Å². The number of nitrogens with zero attached hydrogens (tertiary/aromatic N) is 1. The summed E-state index contributed by atoms with van der Waals surface area (Å²) in [6.07, 6.45) is 4.46. The van der Waals surface area contributed by atoms with E-state index in [1.54, 1.807) is 32.2 Å². The molecule has 2 aliphatic rings. The van der Waals surface area contributed by atoms with Crippen LogP contribution < -0.4 is 14.2 Å². The zero-order chi connectivity index (χ0) is 24.7. The fourth-order valence-electron chi connectivity index (χ4n) is 4.71.